The summed E-state index contributed by atoms with van der Waals surface area (Å²) >= 11 is 0. The van der Waals surface area contributed by atoms with E-state index in [4.69, 9.17) is 5.26 Å². The van der Waals surface area contributed by atoms with Crippen molar-refractivity contribution in [3.63, 3.8) is 0 Å². The molecule has 2 nitrogen and oxygen atoms in total. The van der Waals surface area contributed by atoms with Crippen LogP contribution in [0.4, 0.5) is 0 Å². The van der Waals surface area contributed by atoms with Crippen LogP contribution in [0.1, 0.15) is 0 Å². The molecular weight excluding hydrogens is 52.0 g/mol. The Bertz CT molecular complexity index is 8.75. The summed E-state index contributed by atoms with van der Waals surface area (Å²) in [5, 5.41) is 6.50. The van der Waals surface area contributed by atoms with Gasteiger partial charge in [0, 0.05) is 6.57 Å². The average molecular weight is 59.1 g/mol. The third-order valence-corrected chi connectivity index (χ3v) is 0. The summed E-state index contributed by atoms with van der Waals surface area (Å²) in [7, 11) is 1.75. The van der Waals surface area contributed by atoms with Crippen LogP contribution in [-0.2, 0) is 0 Å². The summed E-state index contributed by atoms with van der Waals surface area (Å²) in [6.07, 6.45) is 0. The molecule has 0 bridgehead atoms. The highest BCUT2D eigenvalue weighted by atomic mass is 14.4. The normalized spacial score (nSPS) is 2.00. The van der Waals surface area contributed by atoms with Crippen molar-refractivity contribution in [1.29, 1.82) is 5.26 Å². The van der Waals surface area contributed by atoms with Crippen LogP contribution in [0.15, 0.2) is 0 Å². The van der Waals surface area contributed by atoms with Crippen LogP contribution in [0.3, 0.4) is 0 Å². The minimum Gasteiger partial charge on any atom is -0.360 e. The maximum absolute atomic E-state index is 6.50. The van der Waals surface area contributed by atoms with Gasteiger partial charge in [0.25, 0.3) is 0 Å². The van der Waals surface area contributed by atoms with Crippen molar-refractivity contribution in [3.05, 3.63) is 0 Å². The summed E-state index contributed by atoms with van der Waals surface area (Å²) in [6.45, 7) is 3.50. The SMILES string of the molecule is C#N.C[NH3+]. The van der Waals surface area contributed by atoms with Crippen molar-refractivity contribution >= 4 is 0 Å². The number of rotatable bonds is 0. The molecule has 2 heteroatoms. The molecule has 0 saturated heterocycles. The molecule has 0 radical (unpaired) electrons. The first-order valence-electron chi connectivity index (χ1n) is 0.965. The lowest BCUT2D eigenvalue weighted by Crippen LogP contribution is -2.40. The Morgan fingerprint density at radius 1 is 1.50 bits per heavy atom. The second-order valence-corrected chi connectivity index (χ2v) is 0. The van der Waals surface area contributed by atoms with E-state index < -0.39 is 0 Å². The van der Waals surface area contributed by atoms with E-state index in [1.165, 1.54) is 0 Å². The van der Waals surface area contributed by atoms with Gasteiger partial charge >= 0.3 is 0 Å². The number of nitrogens with zero attached hydrogens (tertiary/aromatic N) is 1. The lowest BCUT2D eigenvalue weighted by molar-refractivity contribution is -0.325. The Balaban J connectivity index is 0. The number of hydrogen-bond acceptors (Lipinski definition) is 1. The predicted octanol–water partition coefficient (Wildman–Crippen LogP) is -1.00. The maximum atomic E-state index is 6.50. The van der Waals surface area contributed by atoms with Gasteiger partial charge in [-0.1, -0.05) is 0 Å². The highest BCUT2D eigenvalue weighted by Crippen LogP contribution is 0.586. The average Bonchev–Trinajstić information content (AvgIpc) is 1.50. The largest absolute Gasteiger partial charge is 0.360 e. The van der Waals surface area contributed by atoms with E-state index in [-0.39, 0.29) is 0 Å². The Labute approximate surface area is 25.8 Å². The number of quaternary nitrogens is 1. The van der Waals surface area contributed by atoms with E-state index in [1.54, 1.807) is 7.05 Å². The molecule has 0 amide bonds. The van der Waals surface area contributed by atoms with Crippen molar-refractivity contribution in [2.45, 2.75) is 0 Å². The molecule has 0 aliphatic rings. The molecule has 0 aliphatic heterocycles. The second kappa shape index (κ2) is 17.0. The maximum Gasteiger partial charge on any atom is 0.0634 e. The molecular formula is C2H7N2+. The smallest absolute Gasteiger partial charge is 0.0634 e. The third kappa shape index (κ3) is 0.971. The fraction of sp³-hybridized carbons (Fsp3) is 0.500. The zero-order chi connectivity index (χ0) is 4.00. The van der Waals surface area contributed by atoms with Crippen molar-refractivity contribution in [2.75, 3.05) is 7.05 Å². The molecule has 0 aromatic heterocycles. The topological polar surface area (TPSA) is 51.4 Å². The summed E-state index contributed by atoms with van der Waals surface area (Å²) in [5.74, 6) is 0. The quantitative estimate of drug-likeness (QED) is 0.382. The summed E-state index contributed by atoms with van der Waals surface area (Å²) < 4.78 is 0. The minimum absolute atomic E-state index is 1.75. The Hall–Kier alpha value is -0.550. The summed E-state index contributed by atoms with van der Waals surface area (Å²) in [4.78, 5) is 0. The molecule has 0 aromatic carbocycles. The van der Waals surface area contributed by atoms with Crippen molar-refractivity contribution in [1.82, 2.24) is 0 Å². The van der Waals surface area contributed by atoms with Crippen LogP contribution in [0.25, 0.3) is 0 Å². The number of hydrogen-bond donors (Lipinski definition) is 1. The lowest BCUT2D eigenvalue weighted by Gasteiger charge is -1.17. The van der Waals surface area contributed by atoms with Crippen LogP contribution in [0, 0.1) is 11.8 Å². The first kappa shape index (κ1) is 9.85. The Morgan fingerprint density at radius 3 is 1.50 bits per heavy atom. The fourth-order valence-electron chi connectivity index (χ4n) is 0. The molecule has 4 heavy (non-hydrogen) atoms. The van der Waals surface area contributed by atoms with Crippen LogP contribution < -0.4 is 5.73 Å². The first-order chi connectivity index (χ1) is 2.00. The van der Waals surface area contributed by atoms with Crippen LogP contribution in [0.2, 0.25) is 0 Å². The van der Waals surface area contributed by atoms with Gasteiger partial charge in [-0.3, -0.25) is 0 Å². The highest BCUT2D eigenvalue weighted by Gasteiger charge is 0.874. The lowest BCUT2D eigenvalue weighted by atomic mass is 11.6. The predicted molar refractivity (Wildman–Crippen MR) is 15.5 cm³/mol. The molecule has 3 N–H and O–H groups in total. The van der Waals surface area contributed by atoms with Gasteiger partial charge in [0.15, 0.2) is 0 Å². The monoisotopic (exact) mass is 59.1 g/mol. The van der Waals surface area contributed by atoms with Gasteiger partial charge in [-0.15, -0.1) is 0 Å². The molecule has 0 rings (SSSR count). The zero-order valence-corrected chi connectivity index (χ0v) is 2.73. The molecule has 0 unspecified atom stereocenters. The van der Waals surface area contributed by atoms with Crippen LogP contribution in [-0.4, -0.2) is 7.05 Å². The van der Waals surface area contributed by atoms with E-state index in [9.17, 15) is 0 Å². The molecule has 24 valence electrons. The van der Waals surface area contributed by atoms with Gasteiger partial charge in [-0.2, -0.15) is 0 Å². The van der Waals surface area contributed by atoms with Crippen LogP contribution in [0.5, 0.6) is 0 Å². The van der Waals surface area contributed by atoms with Gasteiger partial charge in [-0.25, -0.2) is 5.26 Å². The van der Waals surface area contributed by atoms with E-state index in [2.05, 4.69) is 12.3 Å². The van der Waals surface area contributed by atoms with Gasteiger partial charge in [0.2, 0.25) is 0 Å². The molecule has 0 atom stereocenters. The molecule has 0 fully saturated rings. The Morgan fingerprint density at radius 2 is 1.50 bits per heavy atom. The van der Waals surface area contributed by atoms with E-state index in [1.807, 2.05) is 0 Å². The fourth-order valence-corrected chi connectivity index (χ4v) is 0. The van der Waals surface area contributed by atoms with Crippen molar-refractivity contribution in [2.24, 2.45) is 0 Å². The molecule has 0 aliphatic carbocycles. The van der Waals surface area contributed by atoms with Crippen molar-refractivity contribution < 1.29 is 5.73 Å². The second-order valence-electron chi connectivity index (χ2n) is 0. The zero-order valence-electron chi connectivity index (χ0n) is 2.73. The molecule has 0 spiro atoms. The van der Waals surface area contributed by atoms with E-state index in [0.717, 1.165) is 0 Å². The molecule has 0 heterocycles. The summed E-state index contributed by atoms with van der Waals surface area (Å²) in [5.41, 5.74) is 3.25. The Kier molecular flexibility index (Phi) is 41.9. The van der Waals surface area contributed by atoms with Gasteiger partial charge < -0.3 is 5.73 Å². The summed E-state index contributed by atoms with van der Waals surface area (Å²) in [6, 6.07) is 0. The van der Waals surface area contributed by atoms with Gasteiger partial charge in [-0.05, 0) is 0 Å². The molecule has 0 saturated carbocycles. The first-order valence-corrected chi connectivity index (χ1v) is 0.965. The third-order valence-electron chi connectivity index (χ3n) is 0. The number of nitriles is 1. The van der Waals surface area contributed by atoms with E-state index in [0.29, 0.717) is 0 Å². The van der Waals surface area contributed by atoms with Gasteiger partial charge in [0.1, 0.15) is 0 Å². The van der Waals surface area contributed by atoms with Crippen LogP contribution >= 0.6 is 0 Å². The van der Waals surface area contributed by atoms with Gasteiger partial charge in [0.05, 0.1) is 7.05 Å². The molecule has 0 aromatic rings. The van der Waals surface area contributed by atoms with Crippen molar-refractivity contribution in [3.8, 4) is 6.57 Å². The highest BCUT2D eigenvalue weighted by molar-refractivity contribution is 4.03. The van der Waals surface area contributed by atoms with E-state index >= 15 is 0 Å². The standard InChI is InChI=1S/CH5N.CHN/c2*1-2/h2H2,1H3;1H/p+1. The minimum atomic E-state index is 1.75.